The lowest BCUT2D eigenvalue weighted by Crippen LogP contribution is -2.32. The van der Waals surface area contributed by atoms with Gasteiger partial charge in [0.05, 0.1) is 18.6 Å². The number of esters is 1. The van der Waals surface area contributed by atoms with Crippen LogP contribution in [0.15, 0.2) is 18.2 Å². The van der Waals surface area contributed by atoms with E-state index in [-0.39, 0.29) is 6.61 Å². The summed E-state index contributed by atoms with van der Waals surface area (Å²) in [6.07, 6.45) is -0.855. The molecule has 0 heterocycles. The molecule has 5 heteroatoms. The summed E-state index contributed by atoms with van der Waals surface area (Å²) in [7, 11) is 1.31. The van der Waals surface area contributed by atoms with Crippen LogP contribution in [0.4, 0.5) is 4.39 Å². The van der Waals surface area contributed by atoms with E-state index in [1.54, 1.807) is 13.8 Å². The highest BCUT2D eigenvalue weighted by molar-refractivity contribution is 5.75. The molecule has 0 aliphatic rings. The van der Waals surface area contributed by atoms with E-state index >= 15 is 0 Å². The SMILES string of the molecule is COC(=O)C(C)(C)COc1ccc(F)cc1[C@@H](C)O. The van der Waals surface area contributed by atoms with Gasteiger partial charge >= 0.3 is 5.97 Å². The summed E-state index contributed by atoms with van der Waals surface area (Å²) in [5, 5.41) is 9.58. The van der Waals surface area contributed by atoms with Crippen LogP contribution in [0.5, 0.6) is 5.75 Å². The molecule has 4 nitrogen and oxygen atoms in total. The first-order valence-electron chi connectivity index (χ1n) is 5.96. The second kappa shape index (κ2) is 6.02. The molecule has 0 saturated carbocycles. The lowest BCUT2D eigenvalue weighted by Gasteiger charge is -2.23. The van der Waals surface area contributed by atoms with Crippen molar-refractivity contribution in [1.82, 2.24) is 0 Å². The summed E-state index contributed by atoms with van der Waals surface area (Å²) in [5.41, 5.74) is -0.472. The molecule has 0 aromatic heterocycles. The zero-order valence-corrected chi connectivity index (χ0v) is 11.6. The van der Waals surface area contributed by atoms with Crippen LogP contribution in [0.3, 0.4) is 0 Å². The number of aliphatic hydroxyl groups excluding tert-OH is 1. The van der Waals surface area contributed by atoms with Crippen molar-refractivity contribution in [3.63, 3.8) is 0 Å². The average molecular weight is 270 g/mol. The number of carbonyl (C=O) groups is 1. The summed E-state index contributed by atoms with van der Waals surface area (Å²) in [5.74, 6) is -0.489. The van der Waals surface area contributed by atoms with E-state index in [4.69, 9.17) is 4.74 Å². The van der Waals surface area contributed by atoms with Crippen LogP contribution >= 0.6 is 0 Å². The van der Waals surface area contributed by atoms with E-state index in [9.17, 15) is 14.3 Å². The molecule has 19 heavy (non-hydrogen) atoms. The maximum Gasteiger partial charge on any atom is 0.314 e. The summed E-state index contributed by atoms with van der Waals surface area (Å²) in [4.78, 5) is 11.5. The van der Waals surface area contributed by atoms with Gasteiger partial charge in [0.2, 0.25) is 0 Å². The fourth-order valence-electron chi connectivity index (χ4n) is 1.57. The standard InChI is InChI=1S/C14H19FO4/c1-9(16)11-7-10(15)5-6-12(11)19-8-14(2,3)13(17)18-4/h5-7,9,16H,8H2,1-4H3/t9-/m1/s1. The molecule has 1 rings (SSSR count). The van der Waals surface area contributed by atoms with Crippen molar-refractivity contribution in [3.8, 4) is 5.75 Å². The summed E-state index contributed by atoms with van der Waals surface area (Å²) in [6, 6.07) is 3.89. The van der Waals surface area contributed by atoms with Crippen LogP contribution < -0.4 is 4.74 Å². The molecule has 106 valence electrons. The van der Waals surface area contributed by atoms with E-state index in [1.165, 1.54) is 32.2 Å². The highest BCUT2D eigenvalue weighted by Gasteiger charge is 2.30. The summed E-state index contributed by atoms with van der Waals surface area (Å²) >= 11 is 0. The first-order chi connectivity index (χ1) is 8.77. The van der Waals surface area contributed by atoms with Crippen molar-refractivity contribution in [1.29, 1.82) is 0 Å². The second-order valence-corrected chi connectivity index (χ2v) is 5.02. The lowest BCUT2D eigenvalue weighted by molar-refractivity contribution is -0.152. The second-order valence-electron chi connectivity index (χ2n) is 5.02. The van der Waals surface area contributed by atoms with Crippen LogP contribution in [0, 0.1) is 11.2 Å². The minimum absolute atomic E-state index is 0.0744. The number of methoxy groups -OCH3 is 1. The number of carbonyl (C=O) groups excluding carboxylic acids is 1. The van der Waals surface area contributed by atoms with E-state index in [0.717, 1.165) is 0 Å². The summed E-state index contributed by atoms with van der Waals surface area (Å²) < 4.78 is 23.3. The quantitative estimate of drug-likeness (QED) is 0.835. The highest BCUT2D eigenvalue weighted by Crippen LogP contribution is 2.28. The molecule has 0 fully saturated rings. The Kier molecular flexibility index (Phi) is 4.89. The number of ether oxygens (including phenoxy) is 2. The Bertz CT molecular complexity index is 455. The van der Waals surface area contributed by atoms with Gasteiger partial charge in [-0.1, -0.05) is 0 Å². The molecule has 1 aromatic carbocycles. The molecule has 0 aliphatic carbocycles. The third-order valence-corrected chi connectivity index (χ3v) is 2.75. The van der Waals surface area contributed by atoms with Crippen LogP contribution in [0.1, 0.15) is 32.4 Å². The number of benzene rings is 1. The maximum atomic E-state index is 13.1. The predicted molar refractivity (Wildman–Crippen MR) is 68.3 cm³/mol. The summed E-state index contributed by atoms with van der Waals surface area (Å²) in [6.45, 7) is 4.97. The fraction of sp³-hybridized carbons (Fsp3) is 0.500. The molecule has 0 radical (unpaired) electrons. The predicted octanol–water partition coefficient (Wildman–Crippen LogP) is 2.46. The molecule has 1 aromatic rings. The molecule has 0 spiro atoms. The van der Waals surface area contributed by atoms with E-state index in [2.05, 4.69) is 4.74 Å². The van der Waals surface area contributed by atoms with Gasteiger partial charge in [-0.2, -0.15) is 0 Å². The number of rotatable bonds is 5. The topological polar surface area (TPSA) is 55.8 Å². The van der Waals surface area contributed by atoms with Gasteiger partial charge in [-0.3, -0.25) is 4.79 Å². The molecule has 0 bridgehead atoms. The van der Waals surface area contributed by atoms with Crippen molar-refractivity contribution >= 4 is 5.97 Å². The van der Waals surface area contributed by atoms with E-state index in [0.29, 0.717) is 11.3 Å². The van der Waals surface area contributed by atoms with E-state index in [1.807, 2.05) is 0 Å². The van der Waals surface area contributed by atoms with Crippen LogP contribution in [0.2, 0.25) is 0 Å². The van der Waals surface area contributed by atoms with Gasteiger partial charge in [-0.05, 0) is 39.0 Å². The Balaban J connectivity index is 2.86. The zero-order chi connectivity index (χ0) is 14.6. The number of halogens is 1. The van der Waals surface area contributed by atoms with Gasteiger partial charge in [0, 0.05) is 5.56 Å². The molecule has 0 amide bonds. The first-order valence-corrected chi connectivity index (χ1v) is 5.96. The first kappa shape index (κ1) is 15.4. The van der Waals surface area contributed by atoms with Crippen molar-refractivity contribution in [3.05, 3.63) is 29.6 Å². The molecule has 0 saturated heterocycles. The van der Waals surface area contributed by atoms with Crippen molar-refractivity contribution < 1.29 is 23.8 Å². The number of hydrogen-bond donors (Lipinski definition) is 1. The Morgan fingerprint density at radius 3 is 2.63 bits per heavy atom. The lowest BCUT2D eigenvalue weighted by atomic mass is 9.95. The number of aliphatic hydroxyl groups is 1. The largest absolute Gasteiger partial charge is 0.492 e. The Labute approximate surface area is 112 Å². The van der Waals surface area contributed by atoms with Gasteiger partial charge in [-0.25, -0.2) is 4.39 Å². The fourth-order valence-corrected chi connectivity index (χ4v) is 1.57. The Morgan fingerprint density at radius 2 is 2.11 bits per heavy atom. The molecular formula is C14H19FO4. The Morgan fingerprint density at radius 1 is 1.47 bits per heavy atom. The Hall–Kier alpha value is -1.62. The van der Waals surface area contributed by atoms with Crippen molar-refractivity contribution in [2.24, 2.45) is 5.41 Å². The van der Waals surface area contributed by atoms with Crippen LogP contribution in [-0.2, 0) is 9.53 Å². The molecule has 0 aliphatic heterocycles. The normalized spacial score (nSPS) is 12.9. The number of hydrogen-bond acceptors (Lipinski definition) is 4. The van der Waals surface area contributed by atoms with Crippen LogP contribution in [-0.4, -0.2) is 24.8 Å². The van der Waals surface area contributed by atoms with Crippen LogP contribution in [0.25, 0.3) is 0 Å². The molecule has 1 atom stereocenters. The molecular weight excluding hydrogens is 251 g/mol. The van der Waals surface area contributed by atoms with Gasteiger partial charge in [-0.15, -0.1) is 0 Å². The van der Waals surface area contributed by atoms with Gasteiger partial charge < -0.3 is 14.6 Å². The van der Waals surface area contributed by atoms with Crippen molar-refractivity contribution in [2.75, 3.05) is 13.7 Å². The average Bonchev–Trinajstić information content (AvgIpc) is 2.36. The highest BCUT2D eigenvalue weighted by atomic mass is 19.1. The third kappa shape index (κ3) is 3.92. The maximum absolute atomic E-state index is 13.1. The molecule has 1 N–H and O–H groups in total. The smallest absolute Gasteiger partial charge is 0.314 e. The monoisotopic (exact) mass is 270 g/mol. The molecule has 0 unspecified atom stereocenters. The third-order valence-electron chi connectivity index (χ3n) is 2.75. The minimum Gasteiger partial charge on any atom is -0.492 e. The zero-order valence-electron chi connectivity index (χ0n) is 11.6. The van der Waals surface area contributed by atoms with Crippen molar-refractivity contribution in [2.45, 2.75) is 26.9 Å². The van der Waals surface area contributed by atoms with Gasteiger partial charge in [0.15, 0.2) is 0 Å². The van der Waals surface area contributed by atoms with E-state index < -0.39 is 23.3 Å². The van der Waals surface area contributed by atoms with Gasteiger partial charge in [0.1, 0.15) is 18.2 Å². The van der Waals surface area contributed by atoms with Gasteiger partial charge in [0.25, 0.3) is 0 Å². The minimum atomic E-state index is -0.855.